The quantitative estimate of drug-likeness (QED) is 0.661. The molecule has 0 radical (unpaired) electrons. The van der Waals surface area contributed by atoms with E-state index in [1.54, 1.807) is 0 Å². The number of carbonyl (C=O) groups is 1. The van der Waals surface area contributed by atoms with Crippen molar-refractivity contribution in [1.29, 1.82) is 0 Å². The molecule has 0 bridgehead atoms. The SMILES string of the molecule is COC(=O)c1c(O)cncc1-c1cc(Cl)c(Cl)c(Cl)c1. The number of ether oxygens (including phenoxy) is 1. The maximum atomic E-state index is 11.8. The largest absolute Gasteiger partial charge is 0.505 e. The summed E-state index contributed by atoms with van der Waals surface area (Å²) in [6.07, 6.45) is 2.55. The fraction of sp³-hybridized carbons (Fsp3) is 0.0769. The van der Waals surface area contributed by atoms with Crippen LogP contribution in [0.4, 0.5) is 0 Å². The first-order valence-corrected chi connectivity index (χ1v) is 6.49. The zero-order valence-electron chi connectivity index (χ0n) is 10.2. The summed E-state index contributed by atoms with van der Waals surface area (Å²) in [5, 5.41) is 10.5. The molecule has 2 aromatic rings. The molecule has 20 heavy (non-hydrogen) atoms. The molecule has 1 N–H and O–H groups in total. The van der Waals surface area contributed by atoms with Gasteiger partial charge in [0, 0.05) is 11.8 Å². The van der Waals surface area contributed by atoms with Crippen LogP contribution in [0.2, 0.25) is 15.1 Å². The Kier molecular flexibility index (Phi) is 4.38. The van der Waals surface area contributed by atoms with Crippen LogP contribution in [0.15, 0.2) is 24.5 Å². The van der Waals surface area contributed by atoms with Crippen LogP contribution in [0.25, 0.3) is 11.1 Å². The van der Waals surface area contributed by atoms with Gasteiger partial charge in [-0.05, 0) is 17.7 Å². The lowest BCUT2D eigenvalue weighted by Gasteiger charge is -2.10. The first-order valence-electron chi connectivity index (χ1n) is 5.36. The van der Waals surface area contributed by atoms with E-state index in [-0.39, 0.29) is 26.4 Å². The van der Waals surface area contributed by atoms with Crippen LogP contribution in [-0.4, -0.2) is 23.2 Å². The highest BCUT2D eigenvalue weighted by atomic mass is 35.5. The number of hydrogen-bond donors (Lipinski definition) is 1. The zero-order chi connectivity index (χ0) is 14.9. The van der Waals surface area contributed by atoms with E-state index in [2.05, 4.69) is 9.72 Å². The lowest BCUT2D eigenvalue weighted by Crippen LogP contribution is -2.04. The molecule has 4 nitrogen and oxygen atoms in total. The van der Waals surface area contributed by atoms with E-state index >= 15 is 0 Å². The molecule has 7 heteroatoms. The smallest absolute Gasteiger partial charge is 0.342 e. The standard InChI is InChI=1S/C13H8Cl3NO3/c1-20-13(19)11-7(4-17-5-10(11)18)6-2-8(14)12(16)9(15)3-6/h2-5,18H,1H3. The maximum absolute atomic E-state index is 11.8. The van der Waals surface area contributed by atoms with Crippen molar-refractivity contribution < 1.29 is 14.6 Å². The number of halogens is 3. The van der Waals surface area contributed by atoms with E-state index in [1.807, 2.05) is 0 Å². The van der Waals surface area contributed by atoms with Gasteiger partial charge in [0.15, 0.2) is 0 Å². The van der Waals surface area contributed by atoms with Crippen molar-refractivity contribution in [3.8, 4) is 16.9 Å². The Morgan fingerprint density at radius 1 is 1.20 bits per heavy atom. The van der Waals surface area contributed by atoms with Gasteiger partial charge in [0.25, 0.3) is 0 Å². The number of aromatic hydroxyl groups is 1. The van der Waals surface area contributed by atoms with E-state index in [1.165, 1.54) is 25.4 Å². The van der Waals surface area contributed by atoms with Gasteiger partial charge in [-0.3, -0.25) is 4.98 Å². The van der Waals surface area contributed by atoms with Crippen molar-refractivity contribution in [3.63, 3.8) is 0 Å². The van der Waals surface area contributed by atoms with Crippen molar-refractivity contribution in [2.45, 2.75) is 0 Å². The van der Waals surface area contributed by atoms with Crippen LogP contribution in [-0.2, 0) is 4.74 Å². The Morgan fingerprint density at radius 3 is 2.35 bits per heavy atom. The van der Waals surface area contributed by atoms with Gasteiger partial charge in [0.1, 0.15) is 11.3 Å². The van der Waals surface area contributed by atoms with Gasteiger partial charge in [0.05, 0.1) is 28.4 Å². The number of pyridine rings is 1. The molecule has 0 spiro atoms. The molecule has 0 fully saturated rings. The van der Waals surface area contributed by atoms with Crippen LogP contribution in [0.1, 0.15) is 10.4 Å². The van der Waals surface area contributed by atoms with Gasteiger partial charge < -0.3 is 9.84 Å². The highest BCUT2D eigenvalue weighted by Crippen LogP contribution is 2.37. The predicted octanol–water partition coefficient (Wildman–Crippen LogP) is 4.20. The summed E-state index contributed by atoms with van der Waals surface area (Å²) in [4.78, 5) is 15.6. The van der Waals surface area contributed by atoms with E-state index in [9.17, 15) is 9.90 Å². The summed E-state index contributed by atoms with van der Waals surface area (Å²) >= 11 is 17.8. The first kappa shape index (κ1) is 14.9. The lowest BCUT2D eigenvalue weighted by molar-refractivity contribution is 0.0598. The zero-order valence-corrected chi connectivity index (χ0v) is 12.4. The number of hydrogen-bond acceptors (Lipinski definition) is 4. The number of carbonyl (C=O) groups excluding carboxylic acids is 1. The molecule has 1 aromatic carbocycles. The minimum Gasteiger partial charge on any atom is -0.505 e. The van der Waals surface area contributed by atoms with E-state index in [0.717, 1.165) is 6.20 Å². The number of benzene rings is 1. The van der Waals surface area contributed by atoms with Gasteiger partial charge in [-0.1, -0.05) is 34.8 Å². The molecular formula is C13H8Cl3NO3. The number of methoxy groups -OCH3 is 1. The number of esters is 1. The van der Waals surface area contributed by atoms with Gasteiger partial charge in [0.2, 0.25) is 0 Å². The topological polar surface area (TPSA) is 59.4 Å². The van der Waals surface area contributed by atoms with Crippen molar-refractivity contribution in [2.24, 2.45) is 0 Å². The highest BCUT2D eigenvalue weighted by Gasteiger charge is 2.20. The molecule has 1 aromatic heterocycles. The molecule has 0 aliphatic heterocycles. The minimum atomic E-state index is -0.693. The second kappa shape index (κ2) is 5.87. The minimum absolute atomic E-state index is 0.0167. The average Bonchev–Trinajstić information content (AvgIpc) is 2.43. The predicted molar refractivity (Wildman–Crippen MR) is 77.7 cm³/mol. The molecule has 0 aliphatic carbocycles. The fourth-order valence-corrected chi connectivity index (χ4v) is 2.29. The molecule has 1 heterocycles. The molecular weight excluding hydrogens is 325 g/mol. The molecule has 0 unspecified atom stereocenters. The average molecular weight is 333 g/mol. The van der Waals surface area contributed by atoms with Crippen molar-refractivity contribution in [1.82, 2.24) is 4.98 Å². The maximum Gasteiger partial charge on any atom is 0.342 e. The summed E-state index contributed by atoms with van der Waals surface area (Å²) in [5.41, 5.74) is 0.822. The number of nitrogens with zero attached hydrogens (tertiary/aromatic N) is 1. The number of rotatable bonds is 2. The van der Waals surface area contributed by atoms with Crippen LogP contribution in [0.5, 0.6) is 5.75 Å². The van der Waals surface area contributed by atoms with Gasteiger partial charge in [-0.2, -0.15) is 0 Å². The van der Waals surface area contributed by atoms with E-state index < -0.39 is 5.97 Å². The van der Waals surface area contributed by atoms with Crippen molar-refractivity contribution >= 4 is 40.8 Å². The van der Waals surface area contributed by atoms with Crippen molar-refractivity contribution in [2.75, 3.05) is 7.11 Å². The third kappa shape index (κ3) is 2.68. The van der Waals surface area contributed by atoms with Crippen LogP contribution in [0.3, 0.4) is 0 Å². The van der Waals surface area contributed by atoms with Gasteiger partial charge >= 0.3 is 5.97 Å². The summed E-state index contributed by atoms with van der Waals surface area (Å²) in [7, 11) is 1.22. The number of aromatic nitrogens is 1. The third-order valence-corrected chi connectivity index (χ3v) is 3.81. The summed E-state index contributed by atoms with van der Waals surface area (Å²) in [6, 6.07) is 3.05. The molecule has 104 valence electrons. The Balaban J connectivity index is 2.70. The van der Waals surface area contributed by atoms with E-state index in [4.69, 9.17) is 34.8 Å². The Morgan fingerprint density at radius 2 is 1.80 bits per heavy atom. The van der Waals surface area contributed by atoms with Crippen LogP contribution in [0, 0.1) is 0 Å². The second-order valence-electron chi connectivity index (χ2n) is 3.83. The summed E-state index contributed by atoms with van der Waals surface area (Å²) in [6.45, 7) is 0. The Hall–Kier alpha value is -1.49. The highest BCUT2D eigenvalue weighted by molar-refractivity contribution is 6.48. The normalized spacial score (nSPS) is 10.4. The molecule has 0 saturated carbocycles. The van der Waals surface area contributed by atoms with Crippen molar-refractivity contribution in [3.05, 3.63) is 45.2 Å². The summed E-state index contributed by atoms with van der Waals surface area (Å²) in [5.74, 6) is -0.987. The lowest BCUT2D eigenvalue weighted by atomic mass is 10.0. The molecule has 0 atom stereocenters. The van der Waals surface area contributed by atoms with E-state index in [0.29, 0.717) is 11.1 Å². The fourth-order valence-electron chi connectivity index (χ4n) is 1.70. The molecule has 0 amide bonds. The van der Waals surface area contributed by atoms with Gasteiger partial charge in [-0.25, -0.2) is 4.79 Å². The van der Waals surface area contributed by atoms with Crippen LogP contribution >= 0.6 is 34.8 Å². The summed E-state index contributed by atoms with van der Waals surface area (Å²) < 4.78 is 4.64. The third-order valence-electron chi connectivity index (χ3n) is 2.61. The van der Waals surface area contributed by atoms with Gasteiger partial charge in [-0.15, -0.1) is 0 Å². The first-order chi connectivity index (χ1) is 9.45. The Bertz CT molecular complexity index is 666. The molecule has 0 aliphatic rings. The van der Waals surface area contributed by atoms with Crippen LogP contribution < -0.4 is 0 Å². The second-order valence-corrected chi connectivity index (χ2v) is 5.02. The molecule has 2 rings (SSSR count). The monoisotopic (exact) mass is 331 g/mol. The Labute approximate surface area is 129 Å². The molecule has 0 saturated heterocycles.